The van der Waals surface area contributed by atoms with Crippen molar-refractivity contribution in [1.82, 2.24) is 9.80 Å². The number of amides is 2. The standard InChI is InChI=1S/C23H26N2O3S/c1-16-13-17(2)15-18(14-16)28-11-10-25-22(26)20(19-7-6-12-29-19)21(23(25)27)24-8-4-3-5-9-24/h6-7,12-15H,3-5,8-11H2,1-2H3. The van der Waals surface area contributed by atoms with Crippen LogP contribution in [0.2, 0.25) is 0 Å². The molecule has 0 bridgehead atoms. The van der Waals surface area contributed by atoms with Crippen molar-refractivity contribution in [3.8, 4) is 5.75 Å². The Morgan fingerprint density at radius 1 is 1.00 bits per heavy atom. The van der Waals surface area contributed by atoms with E-state index >= 15 is 0 Å². The number of carbonyl (C=O) groups excluding carboxylic acids is 2. The van der Waals surface area contributed by atoms with Crippen LogP contribution < -0.4 is 4.74 Å². The van der Waals surface area contributed by atoms with Crippen LogP contribution in [0.5, 0.6) is 5.75 Å². The number of nitrogens with zero attached hydrogens (tertiary/aromatic N) is 2. The predicted octanol–water partition coefficient (Wildman–Crippen LogP) is 4.01. The minimum Gasteiger partial charge on any atom is -0.492 e. The van der Waals surface area contributed by atoms with Crippen molar-refractivity contribution >= 4 is 28.7 Å². The van der Waals surface area contributed by atoms with Crippen LogP contribution in [0.25, 0.3) is 5.57 Å². The molecule has 6 heteroatoms. The van der Waals surface area contributed by atoms with Crippen molar-refractivity contribution < 1.29 is 14.3 Å². The van der Waals surface area contributed by atoms with Crippen LogP contribution in [0.1, 0.15) is 35.3 Å². The van der Waals surface area contributed by atoms with E-state index in [1.807, 2.05) is 43.5 Å². The molecule has 3 heterocycles. The van der Waals surface area contributed by atoms with Crippen LogP contribution in [-0.4, -0.2) is 47.9 Å². The number of rotatable bonds is 6. The molecule has 152 valence electrons. The molecule has 2 aliphatic rings. The number of thiophene rings is 1. The van der Waals surface area contributed by atoms with E-state index in [0.29, 0.717) is 11.3 Å². The summed E-state index contributed by atoms with van der Waals surface area (Å²) in [4.78, 5) is 30.7. The molecule has 1 aromatic heterocycles. The van der Waals surface area contributed by atoms with Crippen LogP contribution in [0.3, 0.4) is 0 Å². The normalized spacial score (nSPS) is 17.4. The van der Waals surface area contributed by atoms with Crippen molar-refractivity contribution in [3.05, 3.63) is 57.4 Å². The van der Waals surface area contributed by atoms with Crippen LogP contribution >= 0.6 is 11.3 Å². The van der Waals surface area contributed by atoms with E-state index in [0.717, 1.165) is 47.7 Å². The largest absolute Gasteiger partial charge is 0.492 e. The fourth-order valence-corrected chi connectivity index (χ4v) is 4.85. The van der Waals surface area contributed by atoms with Gasteiger partial charge in [-0.15, -0.1) is 11.3 Å². The maximum Gasteiger partial charge on any atom is 0.278 e. The second-order valence-corrected chi connectivity index (χ2v) is 8.63. The highest BCUT2D eigenvalue weighted by molar-refractivity contribution is 7.11. The molecule has 29 heavy (non-hydrogen) atoms. The number of piperidine rings is 1. The number of ether oxygens (including phenoxy) is 1. The van der Waals surface area contributed by atoms with Gasteiger partial charge in [-0.2, -0.15) is 0 Å². The molecule has 0 radical (unpaired) electrons. The van der Waals surface area contributed by atoms with Gasteiger partial charge in [-0.25, -0.2) is 0 Å². The van der Waals surface area contributed by atoms with Crippen LogP contribution in [0, 0.1) is 13.8 Å². The predicted molar refractivity (Wildman–Crippen MR) is 115 cm³/mol. The zero-order chi connectivity index (χ0) is 20.4. The number of aryl methyl sites for hydroxylation is 2. The SMILES string of the molecule is Cc1cc(C)cc(OCCN2C(=O)C(c3cccs3)=C(N3CCCCC3)C2=O)c1. The molecule has 1 fully saturated rings. The average Bonchev–Trinajstić information content (AvgIpc) is 3.30. The van der Waals surface area contributed by atoms with Crippen LogP contribution in [-0.2, 0) is 9.59 Å². The molecule has 0 saturated carbocycles. The molecule has 0 N–H and O–H groups in total. The summed E-state index contributed by atoms with van der Waals surface area (Å²) >= 11 is 1.50. The van der Waals surface area contributed by atoms with Gasteiger partial charge in [0, 0.05) is 18.0 Å². The van der Waals surface area contributed by atoms with Crippen molar-refractivity contribution in [2.45, 2.75) is 33.1 Å². The highest BCUT2D eigenvalue weighted by Crippen LogP contribution is 2.35. The molecule has 0 spiro atoms. The van der Waals surface area contributed by atoms with E-state index in [9.17, 15) is 9.59 Å². The number of hydrogen-bond donors (Lipinski definition) is 0. The Morgan fingerprint density at radius 3 is 2.38 bits per heavy atom. The highest BCUT2D eigenvalue weighted by Gasteiger charge is 2.41. The van der Waals surface area contributed by atoms with E-state index in [1.165, 1.54) is 22.7 Å². The first-order valence-corrected chi connectivity index (χ1v) is 11.0. The van der Waals surface area contributed by atoms with Crippen molar-refractivity contribution in [1.29, 1.82) is 0 Å². The van der Waals surface area contributed by atoms with Crippen molar-refractivity contribution in [3.63, 3.8) is 0 Å². The molecular weight excluding hydrogens is 384 g/mol. The van der Waals surface area contributed by atoms with Gasteiger partial charge in [-0.3, -0.25) is 14.5 Å². The van der Waals surface area contributed by atoms with Gasteiger partial charge in [0.25, 0.3) is 11.8 Å². The molecule has 2 aromatic rings. The number of imide groups is 1. The summed E-state index contributed by atoms with van der Waals surface area (Å²) in [6, 6.07) is 9.86. The number of likely N-dealkylation sites (tertiary alicyclic amines) is 1. The Morgan fingerprint density at radius 2 is 1.72 bits per heavy atom. The second-order valence-electron chi connectivity index (χ2n) is 7.68. The molecule has 1 saturated heterocycles. The molecule has 1 aromatic carbocycles. The van der Waals surface area contributed by atoms with Crippen LogP contribution in [0.15, 0.2) is 41.4 Å². The van der Waals surface area contributed by atoms with Gasteiger partial charge in [0.05, 0.1) is 12.1 Å². The Bertz CT molecular complexity index is 923. The first-order valence-electron chi connectivity index (χ1n) is 10.1. The summed E-state index contributed by atoms with van der Waals surface area (Å²) in [7, 11) is 0. The first kappa shape index (κ1) is 19.7. The summed E-state index contributed by atoms with van der Waals surface area (Å²) in [6.07, 6.45) is 3.28. The third-order valence-electron chi connectivity index (χ3n) is 5.36. The summed E-state index contributed by atoms with van der Waals surface area (Å²) in [6.45, 7) is 6.24. The lowest BCUT2D eigenvalue weighted by Gasteiger charge is -2.29. The minimum atomic E-state index is -0.206. The maximum atomic E-state index is 13.2. The maximum absolute atomic E-state index is 13.2. The molecule has 4 rings (SSSR count). The topological polar surface area (TPSA) is 49.9 Å². The van der Waals surface area contributed by atoms with Crippen molar-refractivity contribution in [2.24, 2.45) is 0 Å². The van der Waals surface area contributed by atoms with Crippen molar-refractivity contribution in [2.75, 3.05) is 26.2 Å². The van der Waals surface area contributed by atoms with E-state index in [4.69, 9.17) is 4.74 Å². The fraction of sp³-hybridized carbons (Fsp3) is 0.391. The van der Waals surface area contributed by atoms with E-state index < -0.39 is 0 Å². The number of hydrogen-bond acceptors (Lipinski definition) is 5. The number of carbonyl (C=O) groups is 2. The Kier molecular flexibility index (Phi) is 5.72. The summed E-state index contributed by atoms with van der Waals surface area (Å²) in [5.74, 6) is 0.371. The third-order valence-corrected chi connectivity index (χ3v) is 6.25. The Hall–Kier alpha value is -2.60. The van der Waals surface area contributed by atoms with Gasteiger partial charge in [0.15, 0.2) is 0 Å². The Labute approximate surface area is 175 Å². The molecule has 0 atom stereocenters. The minimum absolute atomic E-state index is 0.190. The molecule has 0 unspecified atom stereocenters. The molecular formula is C23H26N2O3S. The lowest BCUT2D eigenvalue weighted by molar-refractivity contribution is -0.138. The lowest BCUT2D eigenvalue weighted by Crippen LogP contribution is -2.39. The van der Waals surface area contributed by atoms with Gasteiger partial charge in [0.2, 0.25) is 0 Å². The van der Waals surface area contributed by atoms with Crippen LogP contribution in [0.4, 0.5) is 0 Å². The van der Waals surface area contributed by atoms with E-state index in [-0.39, 0.29) is 25.0 Å². The molecule has 0 aliphatic carbocycles. The molecule has 5 nitrogen and oxygen atoms in total. The van der Waals surface area contributed by atoms with E-state index in [1.54, 1.807) is 0 Å². The smallest absolute Gasteiger partial charge is 0.278 e. The molecule has 2 amide bonds. The summed E-state index contributed by atoms with van der Waals surface area (Å²) in [5, 5.41) is 1.94. The second kappa shape index (κ2) is 8.41. The summed E-state index contributed by atoms with van der Waals surface area (Å²) < 4.78 is 5.86. The first-order chi connectivity index (χ1) is 14.0. The van der Waals surface area contributed by atoms with E-state index in [2.05, 4.69) is 11.0 Å². The summed E-state index contributed by atoms with van der Waals surface area (Å²) in [5.41, 5.74) is 3.38. The van der Waals surface area contributed by atoms with Gasteiger partial charge < -0.3 is 9.64 Å². The molecule has 2 aliphatic heterocycles. The van der Waals surface area contributed by atoms with Gasteiger partial charge in [-0.05, 0) is 67.8 Å². The fourth-order valence-electron chi connectivity index (χ4n) is 4.09. The van der Waals surface area contributed by atoms with Gasteiger partial charge in [0.1, 0.15) is 18.1 Å². The third kappa shape index (κ3) is 4.08. The lowest BCUT2D eigenvalue weighted by atomic mass is 10.1. The van der Waals surface area contributed by atoms with Gasteiger partial charge >= 0.3 is 0 Å². The van der Waals surface area contributed by atoms with Gasteiger partial charge in [-0.1, -0.05) is 12.1 Å². The zero-order valence-electron chi connectivity index (χ0n) is 16.9. The quantitative estimate of drug-likeness (QED) is 0.675. The Balaban J connectivity index is 1.52. The average molecular weight is 411 g/mol. The highest BCUT2D eigenvalue weighted by atomic mass is 32.1. The monoisotopic (exact) mass is 410 g/mol. The zero-order valence-corrected chi connectivity index (χ0v) is 17.8. The number of benzene rings is 1.